The highest BCUT2D eigenvalue weighted by Gasteiger charge is 2.12. The monoisotopic (exact) mass is 380 g/mol. The third kappa shape index (κ3) is 5.17. The normalized spacial score (nSPS) is 11.7. The van der Waals surface area contributed by atoms with Crippen LogP contribution in [-0.2, 0) is 18.0 Å². The van der Waals surface area contributed by atoms with E-state index < -0.39 is 6.10 Å². The lowest BCUT2D eigenvalue weighted by molar-refractivity contribution is 0.130. The van der Waals surface area contributed by atoms with Crippen molar-refractivity contribution in [1.29, 1.82) is 0 Å². The molecule has 0 saturated carbocycles. The number of aliphatic hydroxyl groups excluding tert-OH is 1. The maximum absolute atomic E-state index is 10.5. The molecule has 1 aromatic heterocycles. The molecule has 2 aromatic carbocycles. The fourth-order valence-electron chi connectivity index (χ4n) is 2.71. The van der Waals surface area contributed by atoms with Crippen LogP contribution in [0.2, 0.25) is 0 Å². The van der Waals surface area contributed by atoms with E-state index in [0.29, 0.717) is 18.9 Å². The smallest absolute Gasteiger partial charge is 0.142 e. The summed E-state index contributed by atoms with van der Waals surface area (Å²) in [5.74, 6) is 0.706. The minimum atomic E-state index is -0.709. The van der Waals surface area contributed by atoms with Gasteiger partial charge in [-0.05, 0) is 43.2 Å². The maximum Gasteiger partial charge on any atom is 0.142 e. The maximum atomic E-state index is 10.5. The lowest BCUT2D eigenvalue weighted by atomic mass is 10.1. The van der Waals surface area contributed by atoms with Crippen LogP contribution < -0.4 is 4.74 Å². The average Bonchev–Trinajstić information content (AvgIpc) is 3.16. The van der Waals surface area contributed by atoms with Crippen LogP contribution in [0.15, 0.2) is 59.9 Å². The summed E-state index contributed by atoms with van der Waals surface area (Å²) >= 11 is 0. The number of rotatable bonds is 8. The van der Waals surface area contributed by atoms with E-state index in [1.54, 1.807) is 11.8 Å². The van der Waals surface area contributed by atoms with Crippen LogP contribution >= 0.6 is 0 Å². The number of benzene rings is 2. The predicted octanol–water partition coefficient (Wildman–Crippen LogP) is 3.60. The molecule has 0 aliphatic carbocycles. The molecule has 0 unspecified atom stereocenters. The molecule has 7 nitrogen and oxygen atoms in total. The van der Waals surface area contributed by atoms with E-state index in [1.165, 1.54) is 0 Å². The third-order valence-corrected chi connectivity index (χ3v) is 4.08. The Morgan fingerprint density at radius 3 is 2.79 bits per heavy atom. The van der Waals surface area contributed by atoms with Crippen molar-refractivity contribution < 1.29 is 14.7 Å². The van der Waals surface area contributed by atoms with Crippen LogP contribution in [0, 0.1) is 0 Å². The van der Waals surface area contributed by atoms with Gasteiger partial charge in [0.2, 0.25) is 0 Å². The standard InChI is InChI=1S/C21H24N4O3/c1-15(2)23-28-14-16-6-4-7-17(10-16)20-12-25(24-22-20)13-21(26)18-8-5-9-19(11-18)27-3/h4-12,21,26H,13-14H2,1-3H3/t21-/m1/s1. The van der Waals surface area contributed by atoms with Gasteiger partial charge >= 0.3 is 0 Å². The minimum absolute atomic E-state index is 0.299. The van der Waals surface area contributed by atoms with Crippen molar-refractivity contribution in [1.82, 2.24) is 15.0 Å². The third-order valence-electron chi connectivity index (χ3n) is 4.08. The minimum Gasteiger partial charge on any atom is -0.497 e. The number of aliphatic hydroxyl groups is 1. The number of aromatic nitrogens is 3. The fraction of sp³-hybridized carbons (Fsp3) is 0.286. The Morgan fingerprint density at radius 1 is 1.18 bits per heavy atom. The first-order valence-electron chi connectivity index (χ1n) is 9.00. The molecule has 0 amide bonds. The van der Waals surface area contributed by atoms with Crippen molar-refractivity contribution in [2.45, 2.75) is 33.1 Å². The first kappa shape index (κ1) is 19.6. The summed E-state index contributed by atoms with van der Waals surface area (Å²) in [6, 6.07) is 15.2. The molecule has 0 fully saturated rings. The van der Waals surface area contributed by atoms with Crippen molar-refractivity contribution in [3.05, 3.63) is 65.9 Å². The molecule has 0 aliphatic heterocycles. The van der Waals surface area contributed by atoms with Gasteiger partial charge in [0.15, 0.2) is 0 Å². The van der Waals surface area contributed by atoms with E-state index in [2.05, 4.69) is 15.5 Å². The number of hydrogen-bond donors (Lipinski definition) is 1. The number of oxime groups is 1. The van der Waals surface area contributed by atoms with Gasteiger partial charge in [0.25, 0.3) is 0 Å². The molecular weight excluding hydrogens is 356 g/mol. The van der Waals surface area contributed by atoms with Crippen LogP contribution in [0.3, 0.4) is 0 Å². The number of hydrogen-bond acceptors (Lipinski definition) is 6. The molecule has 1 N–H and O–H groups in total. The molecule has 0 saturated heterocycles. The van der Waals surface area contributed by atoms with E-state index in [-0.39, 0.29) is 0 Å². The van der Waals surface area contributed by atoms with Gasteiger partial charge in [-0.1, -0.05) is 40.7 Å². The van der Waals surface area contributed by atoms with Crippen molar-refractivity contribution in [2.24, 2.45) is 5.16 Å². The topological polar surface area (TPSA) is 81.8 Å². The van der Waals surface area contributed by atoms with Gasteiger partial charge in [0, 0.05) is 5.56 Å². The molecular formula is C21H24N4O3. The Balaban J connectivity index is 1.69. The summed E-state index contributed by atoms with van der Waals surface area (Å²) in [5, 5.41) is 22.8. The van der Waals surface area contributed by atoms with Crippen LogP contribution in [0.5, 0.6) is 5.75 Å². The van der Waals surface area contributed by atoms with Crippen LogP contribution in [-0.4, -0.2) is 32.9 Å². The van der Waals surface area contributed by atoms with Crippen LogP contribution in [0.25, 0.3) is 11.3 Å². The molecule has 1 atom stereocenters. The summed E-state index contributed by atoms with van der Waals surface area (Å²) in [4.78, 5) is 5.30. The lowest BCUT2D eigenvalue weighted by Crippen LogP contribution is -2.09. The lowest BCUT2D eigenvalue weighted by Gasteiger charge is -2.11. The molecule has 0 aliphatic rings. The van der Waals surface area contributed by atoms with E-state index in [4.69, 9.17) is 9.57 Å². The first-order valence-corrected chi connectivity index (χ1v) is 9.00. The molecule has 146 valence electrons. The molecule has 7 heteroatoms. The Morgan fingerprint density at radius 2 is 2.00 bits per heavy atom. The second-order valence-corrected chi connectivity index (χ2v) is 6.63. The van der Waals surface area contributed by atoms with E-state index >= 15 is 0 Å². The van der Waals surface area contributed by atoms with Crippen LogP contribution in [0.4, 0.5) is 0 Å². The van der Waals surface area contributed by atoms with E-state index in [9.17, 15) is 5.11 Å². The van der Waals surface area contributed by atoms with Crippen molar-refractivity contribution in [2.75, 3.05) is 7.11 Å². The number of methoxy groups -OCH3 is 1. The van der Waals surface area contributed by atoms with Crippen molar-refractivity contribution >= 4 is 5.71 Å². The van der Waals surface area contributed by atoms with Gasteiger partial charge in [-0.25, -0.2) is 4.68 Å². The van der Waals surface area contributed by atoms with Gasteiger partial charge < -0.3 is 14.7 Å². The molecule has 0 radical (unpaired) electrons. The molecule has 1 heterocycles. The average molecular weight is 380 g/mol. The fourth-order valence-corrected chi connectivity index (χ4v) is 2.71. The summed E-state index contributed by atoms with van der Waals surface area (Å²) in [6.45, 7) is 4.46. The van der Waals surface area contributed by atoms with E-state index in [1.807, 2.05) is 68.6 Å². The number of nitrogens with zero attached hydrogens (tertiary/aromatic N) is 4. The Kier molecular flexibility index (Phi) is 6.39. The zero-order valence-corrected chi connectivity index (χ0v) is 16.2. The Bertz CT molecular complexity index is 948. The molecule has 0 spiro atoms. The van der Waals surface area contributed by atoms with Gasteiger partial charge in [-0.2, -0.15) is 0 Å². The van der Waals surface area contributed by atoms with Crippen molar-refractivity contribution in [3.63, 3.8) is 0 Å². The zero-order chi connectivity index (χ0) is 19.9. The van der Waals surface area contributed by atoms with E-state index in [0.717, 1.165) is 28.1 Å². The SMILES string of the molecule is COc1cccc([C@H](O)Cn2cc(-c3cccc(CON=C(C)C)c3)nn2)c1. The highest BCUT2D eigenvalue weighted by atomic mass is 16.6. The molecule has 3 aromatic rings. The Labute approximate surface area is 164 Å². The second-order valence-electron chi connectivity index (χ2n) is 6.63. The van der Waals surface area contributed by atoms with Crippen molar-refractivity contribution in [3.8, 4) is 17.0 Å². The molecule has 0 bridgehead atoms. The second kappa shape index (κ2) is 9.14. The van der Waals surface area contributed by atoms with Crippen LogP contribution in [0.1, 0.15) is 31.1 Å². The quantitative estimate of drug-likeness (QED) is 0.477. The first-order chi connectivity index (χ1) is 13.5. The summed E-state index contributed by atoms with van der Waals surface area (Å²) in [7, 11) is 1.60. The largest absolute Gasteiger partial charge is 0.497 e. The summed E-state index contributed by atoms with van der Waals surface area (Å²) < 4.78 is 6.84. The van der Waals surface area contributed by atoms with Gasteiger partial charge in [0.1, 0.15) is 18.1 Å². The Hall–Kier alpha value is -3.19. The summed E-state index contributed by atoms with van der Waals surface area (Å²) in [6.07, 6.45) is 1.11. The van der Waals surface area contributed by atoms with Gasteiger partial charge in [-0.15, -0.1) is 5.10 Å². The molecule has 28 heavy (non-hydrogen) atoms. The highest BCUT2D eigenvalue weighted by molar-refractivity contribution is 5.78. The van der Waals surface area contributed by atoms with Gasteiger partial charge in [-0.3, -0.25) is 0 Å². The number of ether oxygens (including phenoxy) is 1. The molecule has 3 rings (SSSR count). The predicted molar refractivity (Wildman–Crippen MR) is 107 cm³/mol. The zero-order valence-electron chi connectivity index (χ0n) is 16.2. The van der Waals surface area contributed by atoms with Gasteiger partial charge in [0.05, 0.1) is 31.7 Å². The summed E-state index contributed by atoms with van der Waals surface area (Å²) in [5.41, 5.74) is 4.29. The highest BCUT2D eigenvalue weighted by Crippen LogP contribution is 2.22.